The fourth-order valence-electron chi connectivity index (χ4n) is 2.28. The molecule has 0 amide bonds. The van der Waals surface area contributed by atoms with Crippen LogP contribution in [0.15, 0.2) is 0 Å². The summed E-state index contributed by atoms with van der Waals surface area (Å²) in [6.45, 7) is 4.82. The summed E-state index contributed by atoms with van der Waals surface area (Å²) in [5, 5.41) is 3.34. The molecule has 1 unspecified atom stereocenters. The van der Waals surface area contributed by atoms with Gasteiger partial charge in [-0.2, -0.15) is 13.2 Å². The van der Waals surface area contributed by atoms with Crippen molar-refractivity contribution < 1.29 is 13.2 Å². The Kier molecular flexibility index (Phi) is 4.62. The highest BCUT2D eigenvalue weighted by atomic mass is 19.4. The molecule has 0 aromatic carbocycles. The van der Waals surface area contributed by atoms with E-state index in [9.17, 15) is 13.2 Å². The molecule has 1 atom stereocenters. The monoisotopic (exact) mass is 238 g/mol. The maximum atomic E-state index is 12.3. The number of rotatable bonds is 4. The second kappa shape index (κ2) is 5.36. The van der Waals surface area contributed by atoms with Crippen LogP contribution in [0.5, 0.6) is 0 Å². The Bertz CT molecular complexity index is 210. The second-order valence-corrected chi connectivity index (χ2v) is 4.86. The third-order valence-electron chi connectivity index (χ3n) is 3.13. The number of hydrogen-bond donors (Lipinski definition) is 1. The van der Waals surface area contributed by atoms with Gasteiger partial charge in [0.1, 0.15) is 0 Å². The van der Waals surface area contributed by atoms with Crippen molar-refractivity contribution in [3.8, 4) is 0 Å². The molecule has 96 valence electrons. The zero-order valence-electron chi connectivity index (χ0n) is 10.0. The molecule has 0 saturated carbocycles. The molecule has 1 rings (SSSR count). The van der Waals surface area contributed by atoms with E-state index in [1.165, 1.54) is 4.90 Å². The summed E-state index contributed by atoms with van der Waals surface area (Å²) in [7, 11) is 0. The molecule has 1 aliphatic rings. The molecule has 2 nitrogen and oxygen atoms in total. The minimum absolute atomic E-state index is 0.153. The maximum Gasteiger partial charge on any atom is 0.401 e. The highest BCUT2D eigenvalue weighted by Crippen LogP contribution is 2.22. The van der Waals surface area contributed by atoms with Crippen LogP contribution >= 0.6 is 0 Å². The number of hydrogen-bond acceptors (Lipinski definition) is 2. The van der Waals surface area contributed by atoms with Gasteiger partial charge >= 0.3 is 6.18 Å². The first-order chi connectivity index (χ1) is 7.35. The van der Waals surface area contributed by atoms with Crippen LogP contribution in [0.4, 0.5) is 13.2 Å². The van der Waals surface area contributed by atoms with Crippen molar-refractivity contribution in [3.63, 3.8) is 0 Å². The summed E-state index contributed by atoms with van der Waals surface area (Å²) in [6.07, 6.45) is -0.906. The van der Waals surface area contributed by atoms with E-state index in [1.54, 1.807) is 6.92 Å². The molecule has 0 aromatic heterocycles. The number of piperidine rings is 1. The molecule has 0 aromatic rings. The fourth-order valence-corrected chi connectivity index (χ4v) is 2.28. The van der Waals surface area contributed by atoms with Gasteiger partial charge in [0.05, 0.1) is 6.54 Å². The van der Waals surface area contributed by atoms with Gasteiger partial charge in [0, 0.05) is 12.1 Å². The molecule has 1 heterocycles. The minimum Gasteiger partial charge on any atom is -0.310 e. The van der Waals surface area contributed by atoms with Gasteiger partial charge in [-0.15, -0.1) is 0 Å². The Morgan fingerprint density at radius 2 is 2.00 bits per heavy atom. The quantitative estimate of drug-likeness (QED) is 0.809. The topological polar surface area (TPSA) is 15.3 Å². The first kappa shape index (κ1) is 13.8. The van der Waals surface area contributed by atoms with Crippen LogP contribution in [-0.4, -0.2) is 42.8 Å². The van der Waals surface area contributed by atoms with Crippen LogP contribution in [0.2, 0.25) is 0 Å². The molecule has 1 saturated heterocycles. The van der Waals surface area contributed by atoms with Crippen molar-refractivity contribution in [1.29, 1.82) is 0 Å². The van der Waals surface area contributed by atoms with Gasteiger partial charge in [0.25, 0.3) is 0 Å². The van der Waals surface area contributed by atoms with Gasteiger partial charge in [-0.05, 0) is 32.9 Å². The van der Waals surface area contributed by atoms with E-state index in [4.69, 9.17) is 0 Å². The highest BCUT2D eigenvalue weighted by molar-refractivity contribution is 4.89. The summed E-state index contributed by atoms with van der Waals surface area (Å²) >= 11 is 0. The first-order valence-corrected chi connectivity index (χ1v) is 5.89. The van der Waals surface area contributed by atoms with Crippen molar-refractivity contribution in [2.45, 2.75) is 44.8 Å². The standard InChI is InChI=1S/C11H21F3N2/c1-3-16(9-11(12,13)14)8-10(2)6-4-5-7-15-10/h15H,3-9H2,1-2H3. The number of nitrogens with zero attached hydrogens (tertiary/aromatic N) is 1. The molecule has 0 radical (unpaired) electrons. The minimum atomic E-state index is -4.10. The van der Waals surface area contributed by atoms with Gasteiger partial charge in [-0.3, -0.25) is 4.90 Å². The average Bonchev–Trinajstić information content (AvgIpc) is 2.15. The lowest BCUT2D eigenvalue weighted by molar-refractivity contribution is -0.147. The molecule has 0 spiro atoms. The van der Waals surface area contributed by atoms with E-state index in [2.05, 4.69) is 5.32 Å². The SMILES string of the molecule is CCN(CC(F)(F)F)CC1(C)CCCCN1. The predicted octanol–water partition coefficient (Wildman–Crippen LogP) is 2.40. The van der Waals surface area contributed by atoms with Crippen molar-refractivity contribution in [3.05, 3.63) is 0 Å². The highest BCUT2D eigenvalue weighted by Gasteiger charge is 2.34. The lowest BCUT2D eigenvalue weighted by Gasteiger charge is -2.39. The van der Waals surface area contributed by atoms with Crippen molar-refractivity contribution in [1.82, 2.24) is 10.2 Å². The lowest BCUT2D eigenvalue weighted by atomic mass is 9.90. The molecule has 1 fully saturated rings. The number of halogens is 3. The molecule has 0 aliphatic carbocycles. The van der Waals surface area contributed by atoms with Crippen LogP contribution in [-0.2, 0) is 0 Å². The second-order valence-electron chi connectivity index (χ2n) is 4.86. The molecule has 0 bridgehead atoms. The average molecular weight is 238 g/mol. The molecule has 1 N–H and O–H groups in total. The lowest BCUT2D eigenvalue weighted by Crippen LogP contribution is -2.54. The van der Waals surface area contributed by atoms with E-state index in [1.807, 2.05) is 6.92 Å². The number of alkyl halides is 3. The van der Waals surface area contributed by atoms with E-state index in [0.717, 1.165) is 25.8 Å². The fraction of sp³-hybridized carbons (Fsp3) is 1.00. The molecular weight excluding hydrogens is 217 g/mol. The van der Waals surface area contributed by atoms with E-state index in [-0.39, 0.29) is 5.54 Å². The van der Waals surface area contributed by atoms with Gasteiger partial charge < -0.3 is 5.32 Å². The Labute approximate surface area is 95.2 Å². The van der Waals surface area contributed by atoms with Crippen LogP contribution in [0.3, 0.4) is 0 Å². The van der Waals surface area contributed by atoms with Crippen LogP contribution in [0.1, 0.15) is 33.1 Å². The summed E-state index contributed by atoms with van der Waals surface area (Å²) < 4.78 is 36.9. The Hall–Kier alpha value is -0.290. The van der Waals surface area contributed by atoms with Crippen LogP contribution < -0.4 is 5.32 Å². The van der Waals surface area contributed by atoms with E-state index in [0.29, 0.717) is 13.1 Å². The Balaban J connectivity index is 2.48. The summed E-state index contributed by atoms with van der Waals surface area (Å²) in [5.41, 5.74) is -0.153. The van der Waals surface area contributed by atoms with Crippen LogP contribution in [0, 0.1) is 0 Å². The first-order valence-electron chi connectivity index (χ1n) is 5.89. The van der Waals surface area contributed by atoms with Crippen molar-refractivity contribution in [2.75, 3.05) is 26.2 Å². The molecule has 1 aliphatic heterocycles. The predicted molar refractivity (Wildman–Crippen MR) is 58.4 cm³/mol. The maximum absolute atomic E-state index is 12.3. The van der Waals surface area contributed by atoms with Gasteiger partial charge in [0.15, 0.2) is 0 Å². The summed E-state index contributed by atoms with van der Waals surface area (Å²) in [6, 6.07) is 0. The zero-order valence-corrected chi connectivity index (χ0v) is 10.0. The Morgan fingerprint density at radius 3 is 2.44 bits per heavy atom. The molecular formula is C11H21F3N2. The van der Waals surface area contributed by atoms with E-state index < -0.39 is 12.7 Å². The van der Waals surface area contributed by atoms with Crippen LogP contribution in [0.25, 0.3) is 0 Å². The van der Waals surface area contributed by atoms with Gasteiger partial charge in [0.2, 0.25) is 0 Å². The molecule has 5 heteroatoms. The normalized spacial score (nSPS) is 27.4. The zero-order chi connectivity index (χ0) is 12.2. The van der Waals surface area contributed by atoms with E-state index >= 15 is 0 Å². The third kappa shape index (κ3) is 4.70. The van der Waals surface area contributed by atoms with Gasteiger partial charge in [-0.1, -0.05) is 13.3 Å². The Morgan fingerprint density at radius 1 is 1.31 bits per heavy atom. The third-order valence-corrected chi connectivity index (χ3v) is 3.13. The largest absolute Gasteiger partial charge is 0.401 e. The van der Waals surface area contributed by atoms with Crippen molar-refractivity contribution in [2.24, 2.45) is 0 Å². The number of likely N-dealkylation sites (N-methyl/N-ethyl adjacent to an activating group) is 1. The summed E-state index contributed by atoms with van der Waals surface area (Å²) in [4.78, 5) is 1.47. The molecule has 16 heavy (non-hydrogen) atoms. The number of nitrogens with one attached hydrogen (secondary N) is 1. The van der Waals surface area contributed by atoms with Gasteiger partial charge in [-0.25, -0.2) is 0 Å². The van der Waals surface area contributed by atoms with Crippen molar-refractivity contribution >= 4 is 0 Å². The summed E-state index contributed by atoms with van der Waals surface area (Å²) in [5.74, 6) is 0. The smallest absolute Gasteiger partial charge is 0.310 e.